The van der Waals surface area contributed by atoms with Crippen molar-refractivity contribution in [2.24, 2.45) is 5.10 Å². The molecule has 0 aliphatic carbocycles. The summed E-state index contributed by atoms with van der Waals surface area (Å²) in [6.07, 6.45) is 3.00. The van der Waals surface area contributed by atoms with Gasteiger partial charge in [0.2, 0.25) is 6.79 Å². The Hall–Kier alpha value is -4.30. The van der Waals surface area contributed by atoms with Crippen LogP contribution in [0.1, 0.15) is 35.3 Å². The van der Waals surface area contributed by atoms with Crippen molar-refractivity contribution in [3.63, 3.8) is 0 Å². The number of nitrogens with one attached hydrogen (secondary N) is 2. The number of hydrazone groups is 1. The lowest BCUT2D eigenvalue weighted by Gasteiger charge is -2.20. The highest BCUT2D eigenvalue weighted by Gasteiger charge is 2.17. The highest BCUT2D eigenvalue weighted by molar-refractivity contribution is 6.33. The Morgan fingerprint density at radius 1 is 1.00 bits per heavy atom. The number of fused-ring (bicyclic) bond motifs is 1. The van der Waals surface area contributed by atoms with Gasteiger partial charge in [-0.3, -0.25) is 9.59 Å². The van der Waals surface area contributed by atoms with E-state index in [2.05, 4.69) is 34.6 Å². The lowest BCUT2D eigenvalue weighted by Crippen LogP contribution is -2.32. The molecule has 0 aromatic heterocycles. The number of benzene rings is 3. The zero-order valence-corrected chi connectivity index (χ0v) is 21.3. The van der Waals surface area contributed by atoms with Gasteiger partial charge in [-0.2, -0.15) is 5.10 Å². The lowest BCUT2D eigenvalue weighted by atomic mass is 10.1. The van der Waals surface area contributed by atoms with Crippen LogP contribution < -0.4 is 25.1 Å². The number of hydrogen-bond acceptors (Lipinski definition) is 6. The summed E-state index contributed by atoms with van der Waals surface area (Å²) in [5, 5.41) is 7.12. The van der Waals surface area contributed by atoms with Crippen molar-refractivity contribution in [3.8, 4) is 11.5 Å². The summed E-state index contributed by atoms with van der Waals surface area (Å²) in [5.41, 5.74) is 5.29. The fourth-order valence-electron chi connectivity index (χ4n) is 3.73. The topological polar surface area (TPSA) is 92.3 Å². The predicted molar refractivity (Wildman–Crippen MR) is 145 cm³/mol. The van der Waals surface area contributed by atoms with Crippen molar-refractivity contribution in [2.75, 3.05) is 24.8 Å². The van der Waals surface area contributed by atoms with E-state index < -0.39 is 11.8 Å². The molecular formula is C28H27ClN4O4. The van der Waals surface area contributed by atoms with Crippen LogP contribution >= 0.6 is 11.6 Å². The highest BCUT2D eigenvalue weighted by Crippen LogP contribution is 2.36. The third-order valence-corrected chi connectivity index (χ3v) is 6.05. The molecule has 37 heavy (non-hydrogen) atoms. The van der Waals surface area contributed by atoms with E-state index in [1.807, 2.05) is 30.3 Å². The van der Waals surface area contributed by atoms with Crippen molar-refractivity contribution >= 4 is 41.4 Å². The average Bonchev–Trinajstić information content (AvgIpc) is 3.37. The molecule has 0 unspecified atom stereocenters. The van der Waals surface area contributed by atoms with Crippen molar-refractivity contribution in [3.05, 3.63) is 94.1 Å². The fourth-order valence-corrected chi connectivity index (χ4v) is 3.93. The Morgan fingerprint density at radius 3 is 2.35 bits per heavy atom. The molecule has 9 heteroatoms. The molecule has 0 atom stereocenters. The van der Waals surface area contributed by atoms with E-state index in [0.717, 1.165) is 24.3 Å². The number of halogens is 1. The molecule has 2 amide bonds. The Balaban J connectivity index is 1.54. The van der Waals surface area contributed by atoms with Gasteiger partial charge < -0.3 is 19.7 Å². The van der Waals surface area contributed by atoms with Gasteiger partial charge in [0.1, 0.15) is 5.70 Å². The quantitative estimate of drug-likeness (QED) is 0.240. The number of nitrogens with zero attached hydrogens (tertiary/aromatic N) is 2. The van der Waals surface area contributed by atoms with Gasteiger partial charge >= 0.3 is 0 Å². The molecule has 190 valence electrons. The summed E-state index contributed by atoms with van der Waals surface area (Å²) in [7, 11) is 0. The second kappa shape index (κ2) is 12.1. The van der Waals surface area contributed by atoms with Crippen LogP contribution in [0.5, 0.6) is 11.5 Å². The number of anilines is 1. The molecule has 0 saturated heterocycles. The molecule has 2 N–H and O–H groups in total. The summed E-state index contributed by atoms with van der Waals surface area (Å²) < 4.78 is 10.7. The number of ether oxygens (including phenoxy) is 2. The maximum Gasteiger partial charge on any atom is 0.287 e. The van der Waals surface area contributed by atoms with Gasteiger partial charge in [0, 0.05) is 36.0 Å². The maximum absolute atomic E-state index is 13.1. The van der Waals surface area contributed by atoms with E-state index in [1.54, 1.807) is 42.5 Å². The summed E-state index contributed by atoms with van der Waals surface area (Å²) in [5.74, 6) is 0.0860. The third kappa shape index (κ3) is 6.48. The van der Waals surface area contributed by atoms with Gasteiger partial charge in [-0.05, 0) is 55.8 Å². The Labute approximate surface area is 220 Å². The summed E-state index contributed by atoms with van der Waals surface area (Å²) in [6, 6.07) is 19.7. The van der Waals surface area contributed by atoms with Gasteiger partial charge in [-0.15, -0.1) is 0 Å². The molecule has 0 saturated carbocycles. The van der Waals surface area contributed by atoms with E-state index in [-0.39, 0.29) is 12.5 Å². The molecule has 0 radical (unpaired) electrons. The number of rotatable bonds is 9. The van der Waals surface area contributed by atoms with Gasteiger partial charge in [-0.25, -0.2) is 5.43 Å². The molecule has 0 fully saturated rings. The van der Waals surface area contributed by atoms with Crippen LogP contribution in [0.4, 0.5) is 5.69 Å². The number of carbonyl (C=O) groups is 2. The molecule has 1 aliphatic heterocycles. The molecule has 8 nitrogen and oxygen atoms in total. The average molecular weight is 519 g/mol. The zero-order chi connectivity index (χ0) is 26.2. The van der Waals surface area contributed by atoms with Crippen molar-refractivity contribution in [1.82, 2.24) is 10.7 Å². The Morgan fingerprint density at radius 2 is 1.68 bits per heavy atom. The molecule has 3 aromatic rings. The summed E-state index contributed by atoms with van der Waals surface area (Å²) in [6.45, 7) is 6.08. The van der Waals surface area contributed by atoms with E-state index in [9.17, 15) is 9.59 Å². The number of amides is 2. The first kappa shape index (κ1) is 25.8. The van der Waals surface area contributed by atoms with Gasteiger partial charge in [0.25, 0.3) is 11.8 Å². The van der Waals surface area contributed by atoms with E-state index in [0.29, 0.717) is 27.6 Å². The predicted octanol–water partition coefficient (Wildman–Crippen LogP) is 4.84. The summed E-state index contributed by atoms with van der Waals surface area (Å²) >= 11 is 6.27. The van der Waals surface area contributed by atoms with Crippen molar-refractivity contribution in [1.29, 1.82) is 0 Å². The number of carbonyl (C=O) groups excluding carboxylic acids is 2. The molecule has 3 aromatic carbocycles. The van der Waals surface area contributed by atoms with E-state index in [1.165, 1.54) is 6.21 Å². The Bertz CT molecular complexity index is 1320. The second-order valence-electron chi connectivity index (χ2n) is 8.07. The fraction of sp³-hybridized carbons (Fsp3) is 0.179. The molecule has 0 spiro atoms. The van der Waals surface area contributed by atoms with Crippen LogP contribution in [0.15, 0.2) is 77.5 Å². The molecule has 1 heterocycles. The summed E-state index contributed by atoms with van der Waals surface area (Å²) in [4.78, 5) is 28.1. The number of hydrogen-bond donors (Lipinski definition) is 2. The monoisotopic (exact) mass is 518 g/mol. The SMILES string of the molecule is CCN(CC)c1ccc(/C=C(\NC(=O)c2ccccc2)C(=O)N/N=C/c2cc3c(cc2Cl)OCO3)cc1. The van der Waals surface area contributed by atoms with Crippen LogP contribution in [0, 0.1) is 0 Å². The van der Waals surface area contributed by atoms with Crippen LogP contribution in [0.25, 0.3) is 6.08 Å². The third-order valence-electron chi connectivity index (χ3n) is 5.72. The maximum atomic E-state index is 13.1. The minimum atomic E-state index is -0.592. The molecule has 4 rings (SSSR count). The molecular weight excluding hydrogens is 492 g/mol. The first-order valence-electron chi connectivity index (χ1n) is 11.8. The Kier molecular flexibility index (Phi) is 8.43. The van der Waals surface area contributed by atoms with Crippen LogP contribution in [0.3, 0.4) is 0 Å². The van der Waals surface area contributed by atoms with Gasteiger partial charge in [0.05, 0.1) is 11.2 Å². The van der Waals surface area contributed by atoms with Crippen LogP contribution in [-0.2, 0) is 4.79 Å². The van der Waals surface area contributed by atoms with E-state index >= 15 is 0 Å². The normalized spacial score (nSPS) is 12.5. The highest BCUT2D eigenvalue weighted by atomic mass is 35.5. The largest absolute Gasteiger partial charge is 0.454 e. The van der Waals surface area contributed by atoms with E-state index in [4.69, 9.17) is 21.1 Å². The van der Waals surface area contributed by atoms with Crippen LogP contribution in [0.2, 0.25) is 5.02 Å². The standard InChI is InChI=1S/C28H27ClN4O4/c1-3-33(4-2)22-12-10-19(11-13-22)14-24(31-27(34)20-8-6-5-7-9-20)28(35)32-30-17-21-15-25-26(16-23(21)29)37-18-36-25/h5-17H,3-4,18H2,1-2H3,(H,31,34)(H,32,35)/b24-14-,30-17+. The second-order valence-corrected chi connectivity index (χ2v) is 8.48. The lowest BCUT2D eigenvalue weighted by molar-refractivity contribution is -0.117. The first-order chi connectivity index (χ1) is 18.0. The molecule has 1 aliphatic rings. The minimum Gasteiger partial charge on any atom is -0.454 e. The zero-order valence-electron chi connectivity index (χ0n) is 20.5. The van der Waals surface area contributed by atoms with Crippen molar-refractivity contribution in [2.45, 2.75) is 13.8 Å². The minimum absolute atomic E-state index is 0.0402. The molecule has 0 bridgehead atoms. The first-order valence-corrected chi connectivity index (χ1v) is 12.2. The van der Waals surface area contributed by atoms with Gasteiger partial charge in [0.15, 0.2) is 11.5 Å². The smallest absolute Gasteiger partial charge is 0.287 e. The van der Waals surface area contributed by atoms with Crippen molar-refractivity contribution < 1.29 is 19.1 Å². The van der Waals surface area contributed by atoms with Gasteiger partial charge in [-0.1, -0.05) is 41.9 Å². The van der Waals surface area contributed by atoms with Crippen LogP contribution in [-0.4, -0.2) is 37.9 Å².